The third-order valence-electron chi connectivity index (χ3n) is 13.3. The number of carbonyl (C=O) groups excluding carboxylic acids is 3. The van der Waals surface area contributed by atoms with Crippen LogP contribution in [-0.2, 0) is 28.6 Å². The van der Waals surface area contributed by atoms with Gasteiger partial charge in [-0.25, -0.2) is 0 Å². The first-order valence-corrected chi connectivity index (χ1v) is 28.9. The van der Waals surface area contributed by atoms with Crippen molar-refractivity contribution in [3.63, 3.8) is 0 Å². The highest BCUT2D eigenvalue weighted by Crippen LogP contribution is 2.18. The molecule has 380 valence electrons. The molecule has 0 aliphatic carbocycles. The van der Waals surface area contributed by atoms with Gasteiger partial charge in [0.15, 0.2) is 6.10 Å². The average Bonchev–Trinajstić information content (AvgIpc) is 3.28. The maximum absolute atomic E-state index is 12.8. The van der Waals surface area contributed by atoms with E-state index in [4.69, 9.17) is 14.2 Å². The van der Waals surface area contributed by atoms with Crippen molar-refractivity contribution in [1.29, 1.82) is 0 Å². The van der Waals surface area contributed by atoms with Crippen LogP contribution >= 0.6 is 0 Å². The Balaban J connectivity index is 4.25. The van der Waals surface area contributed by atoms with Crippen molar-refractivity contribution in [2.75, 3.05) is 13.2 Å². The van der Waals surface area contributed by atoms with E-state index in [-0.39, 0.29) is 31.1 Å². The molecular formula is C58H112O6. The molecule has 0 fully saturated rings. The molecule has 0 unspecified atom stereocenters. The SMILES string of the molecule is CCCCCCCCCCCCCCCCCCCCCC(=O)OC[C@@H](COC(=O)CCCCCCCCCCCCCCC(C)C)OC(=O)CCCCCCCCCCCCCC. The van der Waals surface area contributed by atoms with Crippen LogP contribution in [0.15, 0.2) is 0 Å². The van der Waals surface area contributed by atoms with E-state index in [9.17, 15) is 14.4 Å². The summed E-state index contributed by atoms with van der Waals surface area (Å²) >= 11 is 0. The lowest BCUT2D eigenvalue weighted by atomic mass is 10.0. The molecule has 1 atom stereocenters. The minimum Gasteiger partial charge on any atom is -0.462 e. The van der Waals surface area contributed by atoms with Gasteiger partial charge >= 0.3 is 17.9 Å². The molecule has 6 heteroatoms. The van der Waals surface area contributed by atoms with E-state index in [1.807, 2.05) is 0 Å². The van der Waals surface area contributed by atoms with Crippen molar-refractivity contribution in [2.24, 2.45) is 5.92 Å². The summed E-state index contributed by atoms with van der Waals surface area (Å²) in [5.41, 5.74) is 0. The standard InChI is InChI=1S/C58H112O6/c1-5-7-9-11-13-15-17-19-20-21-22-23-24-25-30-33-37-41-45-49-56(59)62-52-55(64-58(61)51-47-43-39-35-29-18-16-14-12-10-8-6-2)53-63-57(60)50-46-42-38-34-31-27-26-28-32-36-40-44-48-54(3)4/h54-55H,5-53H2,1-4H3/t55-/m0/s1. The monoisotopic (exact) mass is 905 g/mol. The third kappa shape index (κ3) is 51.4. The maximum atomic E-state index is 12.8. The fourth-order valence-corrected chi connectivity index (χ4v) is 8.92. The zero-order valence-corrected chi connectivity index (χ0v) is 43.8. The van der Waals surface area contributed by atoms with Crippen LogP contribution in [0.4, 0.5) is 0 Å². The lowest BCUT2D eigenvalue weighted by molar-refractivity contribution is -0.167. The molecule has 0 saturated carbocycles. The topological polar surface area (TPSA) is 78.9 Å². The van der Waals surface area contributed by atoms with Crippen LogP contribution in [0.1, 0.15) is 329 Å². The molecule has 0 aliphatic heterocycles. The molecule has 0 bridgehead atoms. The molecule has 0 amide bonds. The number of hydrogen-bond acceptors (Lipinski definition) is 6. The summed E-state index contributed by atoms with van der Waals surface area (Å²) in [7, 11) is 0. The van der Waals surface area contributed by atoms with Gasteiger partial charge in [0.1, 0.15) is 13.2 Å². The van der Waals surface area contributed by atoms with Gasteiger partial charge in [-0.05, 0) is 25.2 Å². The van der Waals surface area contributed by atoms with E-state index in [0.717, 1.165) is 63.7 Å². The number of unbranched alkanes of at least 4 members (excludes halogenated alkanes) is 40. The number of rotatable bonds is 53. The molecule has 0 aromatic heterocycles. The Bertz CT molecular complexity index is 964. The summed E-state index contributed by atoms with van der Waals surface area (Å²) in [5.74, 6) is -0.00292. The van der Waals surface area contributed by atoms with E-state index in [1.165, 1.54) is 225 Å². The maximum Gasteiger partial charge on any atom is 0.306 e. The van der Waals surface area contributed by atoms with Crippen LogP contribution in [0.5, 0.6) is 0 Å². The Hall–Kier alpha value is -1.59. The van der Waals surface area contributed by atoms with Gasteiger partial charge in [0.05, 0.1) is 0 Å². The first-order chi connectivity index (χ1) is 31.4. The molecule has 0 radical (unpaired) electrons. The summed E-state index contributed by atoms with van der Waals surface area (Å²) in [6.45, 7) is 9.05. The summed E-state index contributed by atoms with van der Waals surface area (Å²) in [6.07, 6.45) is 56.7. The number of esters is 3. The van der Waals surface area contributed by atoms with Gasteiger partial charge in [-0.15, -0.1) is 0 Å². The van der Waals surface area contributed by atoms with Gasteiger partial charge in [0, 0.05) is 19.3 Å². The highest BCUT2D eigenvalue weighted by atomic mass is 16.6. The lowest BCUT2D eigenvalue weighted by Crippen LogP contribution is -2.30. The molecule has 0 rings (SSSR count). The Kier molecular flexibility index (Phi) is 51.1. The molecule has 0 spiro atoms. The molecule has 0 saturated heterocycles. The Morgan fingerprint density at radius 2 is 0.516 bits per heavy atom. The van der Waals surface area contributed by atoms with E-state index in [0.29, 0.717) is 19.3 Å². The number of carbonyl (C=O) groups is 3. The van der Waals surface area contributed by atoms with Gasteiger partial charge in [-0.1, -0.05) is 291 Å². The average molecular weight is 906 g/mol. The quantitative estimate of drug-likeness (QED) is 0.0344. The van der Waals surface area contributed by atoms with Crippen molar-refractivity contribution >= 4 is 17.9 Å². The van der Waals surface area contributed by atoms with Crippen molar-refractivity contribution in [3.8, 4) is 0 Å². The zero-order chi connectivity index (χ0) is 46.7. The van der Waals surface area contributed by atoms with Crippen LogP contribution in [0.2, 0.25) is 0 Å². The molecule has 0 heterocycles. The highest BCUT2D eigenvalue weighted by Gasteiger charge is 2.19. The van der Waals surface area contributed by atoms with E-state index >= 15 is 0 Å². The molecule has 64 heavy (non-hydrogen) atoms. The Morgan fingerprint density at radius 1 is 0.297 bits per heavy atom. The van der Waals surface area contributed by atoms with Crippen molar-refractivity contribution < 1.29 is 28.6 Å². The fraction of sp³-hybridized carbons (Fsp3) is 0.948. The van der Waals surface area contributed by atoms with Crippen molar-refractivity contribution in [2.45, 2.75) is 336 Å². The summed E-state index contributed by atoms with van der Waals surface area (Å²) in [5, 5.41) is 0. The van der Waals surface area contributed by atoms with E-state index in [1.54, 1.807) is 0 Å². The minimum atomic E-state index is -0.761. The van der Waals surface area contributed by atoms with Crippen LogP contribution < -0.4 is 0 Å². The van der Waals surface area contributed by atoms with Crippen LogP contribution in [-0.4, -0.2) is 37.2 Å². The summed E-state index contributed by atoms with van der Waals surface area (Å²) in [4.78, 5) is 38.1. The molecule has 0 aliphatic rings. The summed E-state index contributed by atoms with van der Waals surface area (Å²) in [6, 6.07) is 0. The number of hydrogen-bond donors (Lipinski definition) is 0. The summed E-state index contributed by atoms with van der Waals surface area (Å²) < 4.78 is 16.9. The van der Waals surface area contributed by atoms with Crippen molar-refractivity contribution in [1.82, 2.24) is 0 Å². The molecule has 0 aromatic carbocycles. The normalized spacial score (nSPS) is 12.0. The van der Waals surface area contributed by atoms with Crippen LogP contribution in [0, 0.1) is 5.92 Å². The van der Waals surface area contributed by atoms with Gasteiger partial charge in [0.25, 0.3) is 0 Å². The van der Waals surface area contributed by atoms with Crippen LogP contribution in [0.3, 0.4) is 0 Å². The lowest BCUT2D eigenvalue weighted by Gasteiger charge is -2.18. The molecule has 0 N–H and O–H groups in total. The second-order valence-corrected chi connectivity index (χ2v) is 20.4. The second kappa shape index (κ2) is 52.4. The second-order valence-electron chi connectivity index (χ2n) is 20.4. The highest BCUT2D eigenvalue weighted by molar-refractivity contribution is 5.71. The molecule has 0 aromatic rings. The predicted octanol–water partition coefficient (Wildman–Crippen LogP) is 19.0. The fourth-order valence-electron chi connectivity index (χ4n) is 8.92. The molecular weight excluding hydrogens is 793 g/mol. The van der Waals surface area contributed by atoms with E-state index < -0.39 is 6.10 Å². The number of ether oxygens (including phenoxy) is 3. The van der Waals surface area contributed by atoms with Crippen molar-refractivity contribution in [3.05, 3.63) is 0 Å². The minimum absolute atomic E-state index is 0.0619. The van der Waals surface area contributed by atoms with Gasteiger partial charge in [0.2, 0.25) is 0 Å². The first kappa shape index (κ1) is 62.4. The zero-order valence-electron chi connectivity index (χ0n) is 43.8. The molecule has 6 nitrogen and oxygen atoms in total. The smallest absolute Gasteiger partial charge is 0.306 e. The van der Waals surface area contributed by atoms with E-state index in [2.05, 4.69) is 27.7 Å². The Labute approximate surface area is 399 Å². The van der Waals surface area contributed by atoms with Gasteiger partial charge in [-0.2, -0.15) is 0 Å². The van der Waals surface area contributed by atoms with Crippen LogP contribution in [0.25, 0.3) is 0 Å². The first-order valence-electron chi connectivity index (χ1n) is 28.9. The third-order valence-corrected chi connectivity index (χ3v) is 13.3. The van der Waals surface area contributed by atoms with Gasteiger partial charge < -0.3 is 14.2 Å². The predicted molar refractivity (Wildman–Crippen MR) is 275 cm³/mol. The largest absolute Gasteiger partial charge is 0.462 e. The Morgan fingerprint density at radius 3 is 0.766 bits per heavy atom. The van der Waals surface area contributed by atoms with Gasteiger partial charge in [-0.3, -0.25) is 14.4 Å².